The van der Waals surface area contributed by atoms with Gasteiger partial charge in [-0.25, -0.2) is 13.9 Å². The highest BCUT2D eigenvalue weighted by Gasteiger charge is 2.22. The number of anilines is 1. The molecule has 4 aromatic rings. The molecule has 6 nitrogen and oxygen atoms in total. The largest absolute Gasteiger partial charge is 0.383 e. The van der Waals surface area contributed by atoms with Crippen LogP contribution in [0.4, 0.5) is 15.8 Å². The molecule has 5 N–H and O–H groups in total. The molecule has 2 aromatic heterocycles. The number of fused-ring (bicyclic) bond motifs is 1. The third kappa shape index (κ3) is 4.97. The van der Waals surface area contributed by atoms with Gasteiger partial charge in [-0.2, -0.15) is 5.10 Å². The lowest BCUT2D eigenvalue weighted by Gasteiger charge is -2.28. The number of nitrogens with two attached hydrogens (primary N) is 2. The van der Waals surface area contributed by atoms with Gasteiger partial charge in [0.15, 0.2) is 0 Å². The van der Waals surface area contributed by atoms with Crippen molar-refractivity contribution >= 4 is 22.7 Å². The Balaban J connectivity index is 1.60. The first kappa shape index (κ1) is 24.0. The molecule has 0 saturated heterocycles. The van der Waals surface area contributed by atoms with E-state index in [1.54, 1.807) is 18.3 Å². The predicted molar refractivity (Wildman–Crippen MR) is 145 cm³/mol. The summed E-state index contributed by atoms with van der Waals surface area (Å²) in [5, 5.41) is 8.40. The number of aliphatic imine (C=N–C) groups is 1. The van der Waals surface area contributed by atoms with Crippen LogP contribution in [-0.4, -0.2) is 27.5 Å². The highest BCUT2D eigenvalue weighted by Crippen LogP contribution is 2.33. The normalized spacial score (nSPS) is 18.5. The van der Waals surface area contributed by atoms with Crippen LogP contribution in [0.2, 0.25) is 0 Å². The van der Waals surface area contributed by atoms with Gasteiger partial charge in [0.1, 0.15) is 11.7 Å². The molecule has 7 heteroatoms. The summed E-state index contributed by atoms with van der Waals surface area (Å²) in [6, 6.07) is 15.4. The number of aromatic nitrogens is 2. The second-order valence-electron chi connectivity index (χ2n) is 9.73. The number of nitrogens with one attached hydrogen (secondary N) is 1. The van der Waals surface area contributed by atoms with Crippen LogP contribution in [0.15, 0.2) is 65.9 Å². The average Bonchev–Trinajstić information content (AvgIpc) is 3.30. The van der Waals surface area contributed by atoms with Crippen molar-refractivity contribution in [3.05, 3.63) is 83.4 Å². The van der Waals surface area contributed by atoms with Crippen LogP contribution in [0.5, 0.6) is 0 Å². The first-order valence-corrected chi connectivity index (χ1v) is 12.6. The van der Waals surface area contributed by atoms with E-state index < -0.39 is 0 Å². The maximum absolute atomic E-state index is 13.7. The molecule has 2 aromatic carbocycles. The van der Waals surface area contributed by atoms with E-state index in [-0.39, 0.29) is 23.7 Å². The summed E-state index contributed by atoms with van der Waals surface area (Å²) in [6.45, 7) is 4.31. The molecule has 0 spiro atoms. The maximum Gasteiger partial charge on any atom is 0.135 e. The van der Waals surface area contributed by atoms with E-state index in [1.165, 1.54) is 28.8 Å². The Hall–Kier alpha value is -3.71. The third-order valence-corrected chi connectivity index (χ3v) is 7.10. The lowest BCUT2D eigenvalue weighted by molar-refractivity contribution is 0.411. The molecule has 1 saturated carbocycles. The van der Waals surface area contributed by atoms with Gasteiger partial charge in [0, 0.05) is 23.8 Å². The van der Waals surface area contributed by atoms with Gasteiger partial charge < -0.3 is 16.8 Å². The fraction of sp³-hybridized carbons (Fsp3) is 0.310. The highest BCUT2D eigenvalue weighted by atomic mass is 19.1. The van der Waals surface area contributed by atoms with Crippen LogP contribution in [0.3, 0.4) is 0 Å². The Labute approximate surface area is 211 Å². The summed E-state index contributed by atoms with van der Waals surface area (Å²) in [5.41, 5.74) is 20.4. The summed E-state index contributed by atoms with van der Waals surface area (Å²) in [6.07, 6.45) is 8.73. The van der Waals surface area contributed by atoms with Crippen molar-refractivity contribution in [2.45, 2.75) is 58.0 Å². The number of hydrogen-bond acceptors (Lipinski definition) is 4. The van der Waals surface area contributed by atoms with Crippen LogP contribution in [0.1, 0.15) is 49.3 Å². The fourth-order valence-electron chi connectivity index (χ4n) is 5.03. The first-order valence-electron chi connectivity index (χ1n) is 12.6. The molecule has 1 aliphatic rings. The molecule has 0 aliphatic heterocycles. The molecular formula is C29H33FN6. The monoisotopic (exact) mass is 484 g/mol. The molecule has 0 atom stereocenters. The van der Waals surface area contributed by atoms with E-state index in [1.807, 2.05) is 4.52 Å². The summed E-state index contributed by atoms with van der Waals surface area (Å²) in [7, 11) is 0. The van der Waals surface area contributed by atoms with E-state index in [4.69, 9.17) is 11.5 Å². The van der Waals surface area contributed by atoms with Gasteiger partial charge in [0.25, 0.3) is 0 Å². The minimum Gasteiger partial charge on any atom is -0.383 e. The summed E-state index contributed by atoms with van der Waals surface area (Å²) < 4.78 is 15.6. The van der Waals surface area contributed by atoms with Crippen molar-refractivity contribution < 1.29 is 4.39 Å². The molecule has 0 amide bonds. The summed E-state index contributed by atoms with van der Waals surface area (Å²) in [4.78, 5) is 4.51. The molecule has 36 heavy (non-hydrogen) atoms. The number of amidine groups is 1. The first-order chi connectivity index (χ1) is 17.4. The van der Waals surface area contributed by atoms with Gasteiger partial charge in [-0.1, -0.05) is 31.2 Å². The molecular weight excluding hydrogens is 451 g/mol. The van der Waals surface area contributed by atoms with E-state index in [9.17, 15) is 4.39 Å². The van der Waals surface area contributed by atoms with E-state index >= 15 is 0 Å². The predicted octanol–water partition coefficient (Wildman–Crippen LogP) is 5.73. The van der Waals surface area contributed by atoms with Crippen LogP contribution in [-0.2, 0) is 6.42 Å². The van der Waals surface area contributed by atoms with E-state index in [2.05, 4.69) is 59.7 Å². The second-order valence-corrected chi connectivity index (χ2v) is 9.73. The van der Waals surface area contributed by atoms with Crippen molar-refractivity contribution in [1.29, 1.82) is 0 Å². The number of benzene rings is 2. The van der Waals surface area contributed by atoms with E-state index in [0.717, 1.165) is 48.9 Å². The van der Waals surface area contributed by atoms with Gasteiger partial charge in [0.05, 0.1) is 28.7 Å². The number of halogens is 1. The molecule has 1 fully saturated rings. The molecule has 0 radical (unpaired) electrons. The highest BCUT2D eigenvalue weighted by molar-refractivity contribution is 6.06. The van der Waals surface area contributed by atoms with Crippen molar-refractivity contribution in [2.75, 3.05) is 5.32 Å². The van der Waals surface area contributed by atoms with Gasteiger partial charge in [0.2, 0.25) is 0 Å². The van der Waals surface area contributed by atoms with Crippen LogP contribution < -0.4 is 16.8 Å². The average molecular weight is 485 g/mol. The Morgan fingerprint density at radius 1 is 1.14 bits per heavy atom. The van der Waals surface area contributed by atoms with Crippen molar-refractivity contribution in [3.8, 4) is 11.1 Å². The van der Waals surface area contributed by atoms with Crippen LogP contribution in [0, 0.1) is 12.7 Å². The van der Waals surface area contributed by atoms with Gasteiger partial charge in [-0.05, 0) is 80.0 Å². The fourth-order valence-corrected chi connectivity index (χ4v) is 5.03. The quantitative estimate of drug-likeness (QED) is 0.241. The third-order valence-electron chi connectivity index (χ3n) is 7.10. The van der Waals surface area contributed by atoms with Gasteiger partial charge in [-0.3, -0.25) is 0 Å². The zero-order valence-corrected chi connectivity index (χ0v) is 20.8. The van der Waals surface area contributed by atoms with E-state index in [0.29, 0.717) is 11.3 Å². The molecule has 1 aliphatic carbocycles. The smallest absolute Gasteiger partial charge is 0.135 e. The summed E-state index contributed by atoms with van der Waals surface area (Å²) in [5.74, 6) is -0.0629. The topological polar surface area (TPSA) is 93.7 Å². The zero-order chi connectivity index (χ0) is 25.2. The molecule has 2 heterocycles. The van der Waals surface area contributed by atoms with Crippen molar-refractivity contribution in [2.24, 2.45) is 16.5 Å². The van der Waals surface area contributed by atoms with Crippen LogP contribution in [0.25, 0.3) is 16.6 Å². The van der Waals surface area contributed by atoms with Crippen molar-refractivity contribution in [3.63, 3.8) is 0 Å². The second kappa shape index (κ2) is 10.1. The van der Waals surface area contributed by atoms with Crippen LogP contribution >= 0.6 is 0 Å². The lowest BCUT2D eigenvalue weighted by atomic mass is 9.91. The van der Waals surface area contributed by atoms with Crippen molar-refractivity contribution in [1.82, 2.24) is 9.61 Å². The standard InChI is InChI=1S/C29H33FN6/c1-3-19-7-12-25(18(2)13-19)20-14-27-28(34-23-10-8-22(31)9-11-23)26(16-33-36(27)17-20)29(32)35-24-6-4-5-21(30)15-24/h4-7,12-17,22-23,34H,3,8-11,31H2,1-2H3,(H2,32,35). The van der Waals surface area contributed by atoms with Gasteiger partial charge in [-0.15, -0.1) is 0 Å². The minimum atomic E-state index is -0.352. The Morgan fingerprint density at radius 3 is 2.67 bits per heavy atom. The Morgan fingerprint density at radius 2 is 1.94 bits per heavy atom. The SMILES string of the molecule is CCc1ccc(-c2cc3c(NC4CCC(N)CC4)c(C(N)=Nc4cccc(F)c4)cnn3c2)c(C)c1. The minimum absolute atomic E-state index is 0.258. The molecule has 5 rings (SSSR count). The number of hydrogen-bond donors (Lipinski definition) is 3. The Bertz CT molecular complexity index is 1410. The zero-order valence-electron chi connectivity index (χ0n) is 20.8. The Kier molecular flexibility index (Phi) is 6.74. The number of aryl methyl sites for hydroxylation is 2. The molecule has 186 valence electrons. The summed E-state index contributed by atoms with van der Waals surface area (Å²) >= 11 is 0. The maximum atomic E-state index is 13.7. The lowest BCUT2D eigenvalue weighted by Crippen LogP contribution is -2.33. The molecule has 0 bridgehead atoms. The number of rotatable bonds is 6. The molecule has 0 unspecified atom stereocenters. The number of nitrogens with zero attached hydrogens (tertiary/aromatic N) is 3. The van der Waals surface area contributed by atoms with Gasteiger partial charge >= 0.3 is 0 Å².